The predicted octanol–water partition coefficient (Wildman–Crippen LogP) is 13.4. The van der Waals surface area contributed by atoms with Crippen LogP contribution in [-0.2, 0) is 0 Å². The van der Waals surface area contributed by atoms with Gasteiger partial charge in [0.1, 0.15) is 0 Å². The van der Waals surface area contributed by atoms with Gasteiger partial charge in [0.05, 0.1) is 11.4 Å². The van der Waals surface area contributed by atoms with E-state index in [4.69, 9.17) is 9.97 Å². The normalized spacial score (nSPS) is 11.5. The van der Waals surface area contributed by atoms with Crippen LogP contribution in [0.2, 0.25) is 0 Å². The minimum Gasteiger partial charge on any atom is -0.228 e. The second-order valence-electron chi connectivity index (χ2n) is 13.3. The van der Waals surface area contributed by atoms with Gasteiger partial charge in [0.2, 0.25) is 0 Å². The Morgan fingerprint density at radius 2 is 0.692 bits per heavy atom. The van der Waals surface area contributed by atoms with Crippen LogP contribution in [0.4, 0.5) is 0 Å². The van der Waals surface area contributed by atoms with E-state index in [0.29, 0.717) is 5.82 Å². The van der Waals surface area contributed by atoms with Crippen molar-refractivity contribution in [3.8, 4) is 56.2 Å². The molecular weight excluding hydrogens is 629 g/mol. The minimum atomic E-state index is 0.708. The topological polar surface area (TPSA) is 25.8 Å². The smallest absolute Gasteiger partial charge is 0.160 e. The summed E-state index contributed by atoms with van der Waals surface area (Å²) in [5, 5.41) is 9.77. The van der Waals surface area contributed by atoms with Crippen LogP contribution in [-0.4, -0.2) is 9.97 Å². The quantitative estimate of drug-likeness (QED) is 0.172. The number of aromatic nitrogens is 2. The fourth-order valence-corrected chi connectivity index (χ4v) is 7.79. The Morgan fingerprint density at radius 1 is 0.250 bits per heavy atom. The van der Waals surface area contributed by atoms with E-state index in [-0.39, 0.29) is 0 Å². The monoisotopic (exact) mass is 660 g/mol. The van der Waals surface area contributed by atoms with E-state index in [1.54, 1.807) is 0 Å². The lowest BCUT2D eigenvalue weighted by Crippen LogP contribution is -1.97. The molecule has 0 aliphatic carbocycles. The maximum Gasteiger partial charge on any atom is 0.160 e. The number of hydrogen-bond donors (Lipinski definition) is 0. The summed E-state index contributed by atoms with van der Waals surface area (Å²) in [4.78, 5) is 10.5. The highest BCUT2D eigenvalue weighted by Crippen LogP contribution is 2.40. The molecule has 0 bridgehead atoms. The summed E-state index contributed by atoms with van der Waals surface area (Å²) in [5.41, 5.74) is 9.75. The zero-order valence-electron chi connectivity index (χ0n) is 28.4. The Kier molecular flexibility index (Phi) is 7.18. The Morgan fingerprint density at radius 3 is 1.31 bits per heavy atom. The molecule has 0 saturated heterocycles. The molecule has 10 aromatic rings. The maximum absolute atomic E-state index is 5.26. The molecule has 1 aromatic heterocycles. The number of hydrogen-bond acceptors (Lipinski definition) is 2. The van der Waals surface area contributed by atoms with Crippen LogP contribution in [0.1, 0.15) is 0 Å². The van der Waals surface area contributed by atoms with Crippen LogP contribution in [0.25, 0.3) is 99.2 Å². The molecular formula is C50H32N2. The first-order valence-corrected chi connectivity index (χ1v) is 17.7. The van der Waals surface area contributed by atoms with Crippen molar-refractivity contribution in [2.24, 2.45) is 0 Å². The minimum absolute atomic E-state index is 0.708. The van der Waals surface area contributed by atoms with Crippen molar-refractivity contribution < 1.29 is 0 Å². The van der Waals surface area contributed by atoms with Crippen molar-refractivity contribution in [2.45, 2.75) is 0 Å². The van der Waals surface area contributed by atoms with E-state index in [1.165, 1.54) is 54.6 Å². The van der Waals surface area contributed by atoms with Gasteiger partial charge in [-0.1, -0.05) is 182 Å². The SMILES string of the molecule is c1ccc(-c2nc(-c3ccc(-c4ccccc4)c4ccccc34)cc(-c3ccc(-c4ccc5c(ccc6ccccc65)c4)c4ccccc34)n2)cc1. The second-order valence-corrected chi connectivity index (χ2v) is 13.3. The number of nitrogens with zero attached hydrogens (tertiary/aromatic N) is 2. The molecule has 0 atom stereocenters. The van der Waals surface area contributed by atoms with Gasteiger partial charge in [0.15, 0.2) is 5.82 Å². The lowest BCUT2D eigenvalue weighted by molar-refractivity contribution is 1.19. The Labute approximate surface area is 302 Å². The lowest BCUT2D eigenvalue weighted by atomic mass is 9.91. The first-order valence-electron chi connectivity index (χ1n) is 17.7. The van der Waals surface area contributed by atoms with Crippen LogP contribution >= 0.6 is 0 Å². The molecule has 242 valence electrons. The molecule has 1 heterocycles. The zero-order chi connectivity index (χ0) is 34.4. The third-order valence-electron chi connectivity index (χ3n) is 10.3. The molecule has 0 aliphatic heterocycles. The van der Waals surface area contributed by atoms with Gasteiger partial charge in [-0.05, 0) is 77.5 Å². The predicted molar refractivity (Wildman–Crippen MR) is 219 cm³/mol. The Bertz CT molecular complexity index is 2950. The highest BCUT2D eigenvalue weighted by molar-refractivity contribution is 6.11. The third-order valence-corrected chi connectivity index (χ3v) is 10.3. The van der Waals surface area contributed by atoms with Crippen molar-refractivity contribution in [1.82, 2.24) is 9.97 Å². The van der Waals surface area contributed by atoms with E-state index < -0.39 is 0 Å². The summed E-state index contributed by atoms with van der Waals surface area (Å²) in [5.74, 6) is 0.708. The lowest BCUT2D eigenvalue weighted by Gasteiger charge is -2.16. The van der Waals surface area contributed by atoms with Gasteiger partial charge in [0, 0.05) is 16.7 Å². The summed E-state index contributed by atoms with van der Waals surface area (Å²) in [7, 11) is 0. The van der Waals surface area contributed by atoms with Crippen LogP contribution in [0.3, 0.4) is 0 Å². The largest absolute Gasteiger partial charge is 0.228 e. The average Bonchev–Trinajstić information content (AvgIpc) is 3.23. The van der Waals surface area contributed by atoms with Crippen molar-refractivity contribution in [3.05, 3.63) is 194 Å². The first kappa shape index (κ1) is 30.0. The summed E-state index contributed by atoms with van der Waals surface area (Å²) in [6.45, 7) is 0. The molecule has 0 aliphatic rings. The molecule has 2 heteroatoms. The third kappa shape index (κ3) is 5.12. The average molecular weight is 661 g/mol. The number of fused-ring (bicyclic) bond motifs is 5. The van der Waals surface area contributed by atoms with Gasteiger partial charge < -0.3 is 0 Å². The highest BCUT2D eigenvalue weighted by Gasteiger charge is 2.17. The number of rotatable bonds is 5. The van der Waals surface area contributed by atoms with E-state index >= 15 is 0 Å². The fraction of sp³-hybridized carbons (Fsp3) is 0. The van der Waals surface area contributed by atoms with Gasteiger partial charge in [0.25, 0.3) is 0 Å². The molecule has 52 heavy (non-hydrogen) atoms. The first-order chi connectivity index (χ1) is 25.8. The van der Waals surface area contributed by atoms with Crippen molar-refractivity contribution in [2.75, 3.05) is 0 Å². The van der Waals surface area contributed by atoms with Gasteiger partial charge in [-0.15, -0.1) is 0 Å². The van der Waals surface area contributed by atoms with Crippen LogP contribution in [0, 0.1) is 0 Å². The molecule has 0 amide bonds. The fourth-order valence-electron chi connectivity index (χ4n) is 7.79. The summed E-state index contributed by atoms with van der Waals surface area (Å²) in [6.07, 6.45) is 0. The molecule has 0 spiro atoms. The second kappa shape index (κ2) is 12.5. The van der Waals surface area contributed by atoms with E-state index in [2.05, 4.69) is 176 Å². The molecule has 0 fully saturated rings. The standard InChI is InChI=1S/C50H32N2/c1-3-13-33(14-4-1)39-27-29-46(44-21-11-9-19-42(39)44)48-32-49(52-50(51-48)35-16-5-2-6-17-35)47-30-28-41(43-20-10-12-22-45(43)47)37-25-26-40-36(31-37)24-23-34-15-7-8-18-38(34)40/h1-32H. The molecule has 0 radical (unpaired) electrons. The molecule has 0 unspecified atom stereocenters. The molecule has 0 saturated carbocycles. The van der Waals surface area contributed by atoms with E-state index in [1.807, 2.05) is 18.2 Å². The maximum atomic E-state index is 5.26. The number of benzene rings is 9. The van der Waals surface area contributed by atoms with Crippen molar-refractivity contribution >= 4 is 43.1 Å². The Balaban J connectivity index is 1.16. The Hall–Kier alpha value is -6.90. The molecule has 10 rings (SSSR count). The van der Waals surface area contributed by atoms with Crippen molar-refractivity contribution in [1.29, 1.82) is 0 Å². The summed E-state index contributed by atoms with van der Waals surface area (Å²) < 4.78 is 0. The van der Waals surface area contributed by atoms with E-state index in [9.17, 15) is 0 Å². The molecule has 0 N–H and O–H groups in total. The van der Waals surface area contributed by atoms with Crippen LogP contribution in [0.5, 0.6) is 0 Å². The van der Waals surface area contributed by atoms with Crippen molar-refractivity contribution in [3.63, 3.8) is 0 Å². The van der Waals surface area contributed by atoms with Gasteiger partial charge in [-0.2, -0.15) is 0 Å². The van der Waals surface area contributed by atoms with E-state index in [0.717, 1.165) is 38.9 Å². The van der Waals surface area contributed by atoms with Crippen LogP contribution < -0.4 is 0 Å². The van der Waals surface area contributed by atoms with Gasteiger partial charge in [-0.3, -0.25) is 0 Å². The van der Waals surface area contributed by atoms with Gasteiger partial charge in [-0.25, -0.2) is 9.97 Å². The molecule has 9 aromatic carbocycles. The molecule has 2 nitrogen and oxygen atoms in total. The highest BCUT2D eigenvalue weighted by atomic mass is 14.9. The van der Waals surface area contributed by atoms with Gasteiger partial charge >= 0.3 is 0 Å². The summed E-state index contributed by atoms with van der Waals surface area (Å²) in [6, 6.07) is 69.3. The zero-order valence-corrected chi connectivity index (χ0v) is 28.4. The summed E-state index contributed by atoms with van der Waals surface area (Å²) >= 11 is 0. The van der Waals surface area contributed by atoms with Crippen LogP contribution in [0.15, 0.2) is 194 Å².